The van der Waals surface area contributed by atoms with Crippen LogP contribution in [0.2, 0.25) is 0 Å². The third-order valence-corrected chi connectivity index (χ3v) is 2.84. The van der Waals surface area contributed by atoms with Gasteiger partial charge in [0.2, 0.25) is 0 Å². The molecule has 106 valence electrons. The van der Waals surface area contributed by atoms with Crippen LogP contribution in [0.5, 0.6) is 5.75 Å². The monoisotopic (exact) mass is 285 g/mol. The Morgan fingerprint density at radius 1 is 1.33 bits per heavy atom. The van der Waals surface area contributed by atoms with Crippen LogP contribution in [0.1, 0.15) is 15.9 Å². The summed E-state index contributed by atoms with van der Waals surface area (Å²) in [5.41, 5.74) is 6.88. The van der Waals surface area contributed by atoms with Crippen molar-refractivity contribution in [3.63, 3.8) is 0 Å². The van der Waals surface area contributed by atoms with Gasteiger partial charge in [-0.05, 0) is 36.4 Å². The van der Waals surface area contributed by atoms with Gasteiger partial charge in [-0.3, -0.25) is 4.79 Å². The summed E-state index contributed by atoms with van der Waals surface area (Å²) >= 11 is 0. The van der Waals surface area contributed by atoms with Gasteiger partial charge in [-0.15, -0.1) is 0 Å². The Hall–Kier alpha value is -3.07. The van der Waals surface area contributed by atoms with E-state index in [9.17, 15) is 9.18 Å². The molecule has 0 fully saturated rings. The number of ether oxygens (including phenoxy) is 1. The lowest BCUT2D eigenvalue weighted by molar-refractivity contribution is 0.102. The van der Waals surface area contributed by atoms with Crippen LogP contribution in [0.25, 0.3) is 0 Å². The molecular formula is C15H12FN3O2. The van der Waals surface area contributed by atoms with Crippen molar-refractivity contribution in [1.82, 2.24) is 0 Å². The molecule has 0 atom stereocenters. The molecule has 0 unspecified atom stereocenters. The van der Waals surface area contributed by atoms with E-state index in [0.717, 1.165) is 6.07 Å². The molecule has 2 aromatic carbocycles. The first-order chi connectivity index (χ1) is 10.0. The molecule has 0 saturated carbocycles. The highest BCUT2D eigenvalue weighted by Crippen LogP contribution is 2.22. The number of nitrogens with zero attached hydrogens (tertiary/aromatic N) is 1. The van der Waals surface area contributed by atoms with Crippen LogP contribution < -0.4 is 15.8 Å². The molecule has 0 aromatic heterocycles. The molecule has 6 heteroatoms. The minimum absolute atomic E-state index is 0.0597. The molecule has 0 radical (unpaired) electrons. The number of nitrogens with one attached hydrogen (secondary N) is 1. The molecule has 21 heavy (non-hydrogen) atoms. The first-order valence-corrected chi connectivity index (χ1v) is 5.99. The van der Waals surface area contributed by atoms with E-state index in [1.165, 1.54) is 37.4 Å². The zero-order chi connectivity index (χ0) is 15.4. The van der Waals surface area contributed by atoms with Gasteiger partial charge in [0.15, 0.2) is 11.6 Å². The molecule has 0 aliphatic rings. The number of carbonyl (C=O) groups excluding carboxylic acids is 1. The van der Waals surface area contributed by atoms with Gasteiger partial charge in [-0.2, -0.15) is 5.26 Å². The van der Waals surface area contributed by atoms with E-state index in [2.05, 4.69) is 5.32 Å². The fourth-order valence-corrected chi connectivity index (χ4v) is 1.75. The Labute approximate surface area is 120 Å². The molecule has 2 rings (SSSR count). The number of nitrogen functional groups attached to an aromatic ring is 1. The Balaban J connectivity index is 2.22. The van der Waals surface area contributed by atoms with Crippen molar-refractivity contribution < 1.29 is 13.9 Å². The zero-order valence-corrected chi connectivity index (χ0v) is 11.2. The molecule has 5 nitrogen and oxygen atoms in total. The topological polar surface area (TPSA) is 88.1 Å². The van der Waals surface area contributed by atoms with E-state index in [1.807, 2.05) is 6.07 Å². The molecule has 0 aliphatic heterocycles. The van der Waals surface area contributed by atoms with Gasteiger partial charge in [0.25, 0.3) is 5.91 Å². The number of benzene rings is 2. The number of nitriles is 1. The summed E-state index contributed by atoms with van der Waals surface area (Å²) in [6.45, 7) is 0. The summed E-state index contributed by atoms with van der Waals surface area (Å²) < 4.78 is 18.3. The van der Waals surface area contributed by atoms with Crippen molar-refractivity contribution in [2.75, 3.05) is 18.2 Å². The van der Waals surface area contributed by atoms with E-state index in [4.69, 9.17) is 15.7 Å². The molecule has 0 saturated heterocycles. The maximum Gasteiger partial charge on any atom is 0.255 e. The fourth-order valence-electron chi connectivity index (χ4n) is 1.75. The molecule has 0 heterocycles. The van der Waals surface area contributed by atoms with Gasteiger partial charge in [0.05, 0.1) is 30.1 Å². The minimum Gasteiger partial charge on any atom is -0.494 e. The molecule has 0 bridgehead atoms. The van der Waals surface area contributed by atoms with Crippen LogP contribution in [0, 0.1) is 17.1 Å². The van der Waals surface area contributed by atoms with Crippen LogP contribution in [0.3, 0.4) is 0 Å². The first kappa shape index (κ1) is 14.3. The maximum absolute atomic E-state index is 13.6. The smallest absolute Gasteiger partial charge is 0.255 e. The third-order valence-electron chi connectivity index (χ3n) is 2.84. The van der Waals surface area contributed by atoms with Crippen LogP contribution in [-0.4, -0.2) is 13.0 Å². The highest BCUT2D eigenvalue weighted by atomic mass is 19.1. The Morgan fingerprint density at radius 3 is 2.67 bits per heavy atom. The quantitative estimate of drug-likeness (QED) is 0.848. The summed E-state index contributed by atoms with van der Waals surface area (Å²) in [6, 6.07) is 10.3. The molecule has 3 N–H and O–H groups in total. The van der Waals surface area contributed by atoms with Gasteiger partial charge < -0.3 is 15.8 Å². The lowest BCUT2D eigenvalue weighted by Crippen LogP contribution is -2.13. The zero-order valence-electron chi connectivity index (χ0n) is 11.2. The van der Waals surface area contributed by atoms with Crippen LogP contribution >= 0.6 is 0 Å². The summed E-state index contributed by atoms with van der Waals surface area (Å²) in [5.74, 6) is -1.07. The van der Waals surface area contributed by atoms with Gasteiger partial charge >= 0.3 is 0 Å². The highest BCUT2D eigenvalue weighted by molar-refractivity contribution is 6.05. The molecule has 0 aliphatic carbocycles. The number of halogens is 1. The van der Waals surface area contributed by atoms with Crippen molar-refractivity contribution in [3.05, 3.63) is 53.3 Å². The van der Waals surface area contributed by atoms with E-state index < -0.39 is 11.7 Å². The van der Waals surface area contributed by atoms with Crippen molar-refractivity contribution in [2.24, 2.45) is 0 Å². The van der Waals surface area contributed by atoms with E-state index >= 15 is 0 Å². The van der Waals surface area contributed by atoms with Gasteiger partial charge in [0, 0.05) is 5.56 Å². The molecule has 2 aromatic rings. The normalized spacial score (nSPS) is 9.76. The van der Waals surface area contributed by atoms with E-state index in [-0.39, 0.29) is 17.0 Å². The average molecular weight is 285 g/mol. The predicted octanol–water partition coefficient (Wildman–Crippen LogP) is 2.54. The summed E-state index contributed by atoms with van der Waals surface area (Å²) in [6.07, 6.45) is 0. The van der Waals surface area contributed by atoms with Crippen LogP contribution in [0.15, 0.2) is 36.4 Å². The van der Waals surface area contributed by atoms with Crippen molar-refractivity contribution in [1.29, 1.82) is 5.26 Å². The molecule has 1 amide bonds. The van der Waals surface area contributed by atoms with Crippen LogP contribution in [0.4, 0.5) is 15.8 Å². The summed E-state index contributed by atoms with van der Waals surface area (Å²) in [7, 11) is 1.34. The molecular weight excluding hydrogens is 273 g/mol. The largest absolute Gasteiger partial charge is 0.494 e. The Kier molecular flexibility index (Phi) is 4.05. The average Bonchev–Trinajstić information content (AvgIpc) is 2.49. The number of anilines is 2. The Bertz CT molecular complexity index is 738. The second-order valence-electron chi connectivity index (χ2n) is 4.22. The third kappa shape index (κ3) is 3.09. The highest BCUT2D eigenvalue weighted by Gasteiger charge is 2.11. The number of hydrogen-bond donors (Lipinski definition) is 2. The van der Waals surface area contributed by atoms with E-state index in [0.29, 0.717) is 11.3 Å². The number of carbonyl (C=O) groups is 1. The van der Waals surface area contributed by atoms with Crippen molar-refractivity contribution >= 4 is 17.3 Å². The number of methoxy groups -OCH3 is 1. The van der Waals surface area contributed by atoms with Crippen molar-refractivity contribution in [2.45, 2.75) is 0 Å². The lowest BCUT2D eigenvalue weighted by Gasteiger charge is -2.09. The number of amides is 1. The number of rotatable bonds is 3. The number of hydrogen-bond acceptors (Lipinski definition) is 4. The maximum atomic E-state index is 13.6. The summed E-state index contributed by atoms with van der Waals surface area (Å²) in [5, 5.41) is 11.3. The SMILES string of the molecule is COc1ccc(C(=O)Nc2ccc(C#N)cc2N)cc1F. The lowest BCUT2D eigenvalue weighted by atomic mass is 10.1. The minimum atomic E-state index is -0.627. The standard InChI is InChI=1S/C15H12FN3O2/c1-21-14-5-3-10(7-11(14)16)15(20)19-13-4-2-9(8-17)6-12(13)18/h2-7H,18H2,1H3,(H,19,20). The van der Waals surface area contributed by atoms with Crippen molar-refractivity contribution in [3.8, 4) is 11.8 Å². The van der Waals surface area contributed by atoms with Gasteiger partial charge in [0.1, 0.15) is 0 Å². The number of nitrogens with two attached hydrogens (primary N) is 1. The fraction of sp³-hybridized carbons (Fsp3) is 0.0667. The second kappa shape index (κ2) is 5.92. The summed E-state index contributed by atoms with van der Waals surface area (Å²) in [4.78, 5) is 12.0. The first-order valence-electron chi connectivity index (χ1n) is 5.99. The van der Waals surface area contributed by atoms with Crippen LogP contribution in [-0.2, 0) is 0 Å². The second-order valence-corrected chi connectivity index (χ2v) is 4.22. The molecule has 0 spiro atoms. The predicted molar refractivity (Wildman–Crippen MR) is 76.5 cm³/mol. The Morgan fingerprint density at radius 2 is 2.10 bits per heavy atom. The van der Waals surface area contributed by atoms with E-state index in [1.54, 1.807) is 0 Å². The van der Waals surface area contributed by atoms with Gasteiger partial charge in [-0.25, -0.2) is 4.39 Å². The van der Waals surface area contributed by atoms with Gasteiger partial charge in [-0.1, -0.05) is 0 Å².